The maximum absolute atomic E-state index is 13.0. The van der Waals surface area contributed by atoms with Gasteiger partial charge in [-0.25, -0.2) is 0 Å². The van der Waals surface area contributed by atoms with Gasteiger partial charge < -0.3 is 19.4 Å². The number of carbonyl (C=O) groups excluding carboxylic acids is 1. The van der Waals surface area contributed by atoms with Crippen molar-refractivity contribution in [1.29, 1.82) is 0 Å². The van der Waals surface area contributed by atoms with E-state index < -0.39 is 16.2 Å². The Morgan fingerprint density at radius 1 is 1.03 bits per heavy atom. The lowest BCUT2D eigenvalue weighted by molar-refractivity contribution is -0.385. The van der Waals surface area contributed by atoms with E-state index in [9.17, 15) is 19.7 Å². The van der Waals surface area contributed by atoms with Crippen molar-refractivity contribution in [2.24, 2.45) is 7.05 Å². The summed E-state index contributed by atoms with van der Waals surface area (Å²) in [6.07, 6.45) is 0. The maximum atomic E-state index is 13.0. The van der Waals surface area contributed by atoms with E-state index in [1.165, 1.54) is 4.57 Å². The van der Waals surface area contributed by atoms with Gasteiger partial charge in [0.05, 0.1) is 10.4 Å². The summed E-state index contributed by atoms with van der Waals surface area (Å²) in [4.78, 5) is 43.7. The minimum atomic E-state index is -0.639. The van der Waals surface area contributed by atoms with E-state index in [0.717, 1.165) is 10.9 Å². The molecule has 1 aliphatic rings. The van der Waals surface area contributed by atoms with Gasteiger partial charge in [-0.3, -0.25) is 19.7 Å². The molecular formula is C23H21N5O4. The highest BCUT2D eigenvalue weighted by Gasteiger charge is 2.31. The lowest BCUT2D eigenvalue weighted by atomic mass is 10.1. The van der Waals surface area contributed by atoms with E-state index in [2.05, 4.69) is 4.98 Å². The van der Waals surface area contributed by atoms with Crippen LogP contribution in [0.2, 0.25) is 0 Å². The molecule has 9 heteroatoms. The molecule has 5 rings (SSSR count). The first kappa shape index (κ1) is 19.8. The van der Waals surface area contributed by atoms with Crippen molar-refractivity contribution in [3.05, 3.63) is 80.8 Å². The molecule has 0 atom stereocenters. The number of H-pyrrole nitrogens is 1. The number of para-hydroxylation sites is 2. The Kier molecular flexibility index (Phi) is 4.66. The number of rotatable bonds is 3. The summed E-state index contributed by atoms with van der Waals surface area (Å²) in [5.74, 6) is -0.107. The van der Waals surface area contributed by atoms with Gasteiger partial charge in [-0.2, -0.15) is 0 Å². The molecule has 2 aromatic carbocycles. The number of carbonyl (C=O) groups is 1. The van der Waals surface area contributed by atoms with Crippen LogP contribution in [0.1, 0.15) is 10.5 Å². The normalized spacial score (nSPS) is 14.3. The van der Waals surface area contributed by atoms with Crippen molar-refractivity contribution in [3.63, 3.8) is 0 Å². The Bertz CT molecular complexity index is 1400. The van der Waals surface area contributed by atoms with Crippen LogP contribution >= 0.6 is 0 Å². The predicted molar refractivity (Wildman–Crippen MR) is 122 cm³/mol. The summed E-state index contributed by atoms with van der Waals surface area (Å²) in [7, 11) is 1.54. The first-order valence-electron chi connectivity index (χ1n) is 10.3. The number of hydrogen-bond acceptors (Lipinski definition) is 5. The van der Waals surface area contributed by atoms with Crippen molar-refractivity contribution in [3.8, 4) is 0 Å². The zero-order valence-electron chi connectivity index (χ0n) is 17.4. The fourth-order valence-corrected chi connectivity index (χ4v) is 4.44. The number of hydrogen-bond donors (Lipinski definition) is 1. The van der Waals surface area contributed by atoms with Crippen LogP contribution in [0, 0.1) is 10.1 Å². The highest BCUT2D eigenvalue weighted by Crippen LogP contribution is 2.34. The predicted octanol–water partition coefficient (Wildman–Crippen LogP) is 2.89. The van der Waals surface area contributed by atoms with Crippen LogP contribution in [0.25, 0.3) is 21.8 Å². The summed E-state index contributed by atoms with van der Waals surface area (Å²) in [6, 6.07) is 16.7. The van der Waals surface area contributed by atoms with Crippen LogP contribution in [0.4, 0.5) is 11.4 Å². The minimum Gasteiger partial charge on any atom is -0.362 e. The Balaban J connectivity index is 1.46. The molecule has 2 aromatic heterocycles. The van der Waals surface area contributed by atoms with Crippen LogP contribution in [-0.2, 0) is 7.05 Å². The second kappa shape index (κ2) is 7.52. The molecule has 9 nitrogen and oxygen atoms in total. The van der Waals surface area contributed by atoms with E-state index in [1.807, 2.05) is 35.2 Å². The molecule has 0 saturated carbocycles. The summed E-state index contributed by atoms with van der Waals surface area (Å²) < 4.78 is 1.31. The average Bonchev–Trinajstić information content (AvgIpc) is 3.25. The highest BCUT2D eigenvalue weighted by molar-refractivity contribution is 5.99. The summed E-state index contributed by atoms with van der Waals surface area (Å²) >= 11 is 0. The fraction of sp³-hybridized carbons (Fsp3) is 0.217. The second-order valence-corrected chi connectivity index (χ2v) is 7.89. The number of nitrogens with zero attached hydrogens (tertiary/aromatic N) is 4. The van der Waals surface area contributed by atoms with Crippen LogP contribution < -0.4 is 10.5 Å². The third kappa shape index (κ3) is 3.09. The largest absolute Gasteiger partial charge is 0.362 e. The van der Waals surface area contributed by atoms with Gasteiger partial charge >= 0.3 is 11.2 Å². The van der Waals surface area contributed by atoms with Gasteiger partial charge in [0, 0.05) is 49.5 Å². The third-order valence-electron chi connectivity index (χ3n) is 6.08. The number of anilines is 1. The van der Waals surface area contributed by atoms with E-state index in [-0.39, 0.29) is 5.91 Å². The van der Waals surface area contributed by atoms with Crippen molar-refractivity contribution < 1.29 is 9.72 Å². The maximum Gasteiger partial charge on any atom is 0.357 e. The molecule has 0 unspecified atom stereocenters. The van der Waals surface area contributed by atoms with Gasteiger partial charge in [-0.15, -0.1) is 0 Å². The van der Waals surface area contributed by atoms with Crippen molar-refractivity contribution in [1.82, 2.24) is 14.5 Å². The highest BCUT2D eigenvalue weighted by atomic mass is 16.6. The number of fused-ring (bicyclic) bond motifs is 2. The molecule has 1 N–H and O–H groups in total. The number of amides is 1. The number of nitrogens with one attached hydrogen (secondary N) is 1. The summed E-state index contributed by atoms with van der Waals surface area (Å²) in [5.41, 5.74) is 1.31. The lowest BCUT2D eigenvalue weighted by Gasteiger charge is -2.36. The number of aryl methyl sites for hydroxylation is 1. The molecule has 0 bridgehead atoms. The molecular weight excluding hydrogens is 410 g/mol. The quantitative estimate of drug-likeness (QED) is 0.397. The van der Waals surface area contributed by atoms with Crippen LogP contribution in [0.5, 0.6) is 0 Å². The van der Waals surface area contributed by atoms with Crippen molar-refractivity contribution in [2.45, 2.75) is 0 Å². The number of aromatic nitrogens is 2. The molecule has 0 aliphatic carbocycles. The van der Waals surface area contributed by atoms with Crippen LogP contribution in [-0.4, -0.2) is 51.5 Å². The van der Waals surface area contributed by atoms with Gasteiger partial charge in [-0.05, 0) is 18.2 Å². The van der Waals surface area contributed by atoms with Gasteiger partial charge in [-0.1, -0.05) is 36.4 Å². The van der Waals surface area contributed by atoms with Crippen molar-refractivity contribution >= 4 is 39.1 Å². The lowest BCUT2D eigenvalue weighted by Crippen LogP contribution is -2.49. The first-order valence-corrected chi connectivity index (χ1v) is 10.3. The molecule has 1 saturated heterocycles. The number of piperazine rings is 1. The molecule has 32 heavy (non-hydrogen) atoms. The molecule has 1 aliphatic heterocycles. The van der Waals surface area contributed by atoms with Crippen molar-refractivity contribution in [2.75, 3.05) is 31.1 Å². The number of benzene rings is 2. The topological polar surface area (TPSA) is 104 Å². The van der Waals surface area contributed by atoms with Crippen LogP contribution in [0.15, 0.2) is 59.4 Å². The Morgan fingerprint density at radius 2 is 1.72 bits per heavy atom. The molecule has 0 radical (unpaired) electrons. The van der Waals surface area contributed by atoms with Gasteiger partial charge in [0.15, 0.2) is 0 Å². The number of aromatic amines is 1. The van der Waals surface area contributed by atoms with Gasteiger partial charge in [0.1, 0.15) is 11.4 Å². The Hall–Kier alpha value is -4.14. The molecule has 1 amide bonds. The van der Waals surface area contributed by atoms with Gasteiger partial charge in [0.2, 0.25) is 0 Å². The van der Waals surface area contributed by atoms with E-state index >= 15 is 0 Å². The Labute approximate surface area is 182 Å². The Morgan fingerprint density at radius 3 is 2.44 bits per heavy atom. The van der Waals surface area contributed by atoms with E-state index in [4.69, 9.17) is 0 Å². The van der Waals surface area contributed by atoms with Crippen LogP contribution in [0.3, 0.4) is 0 Å². The second-order valence-electron chi connectivity index (χ2n) is 7.89. The van der Waals surface area contributed by atoms with E-state index in [1.54, 1.807) is 36.2 Å². The molecule has 1 fully saturated rings. The summed E-state index contributed by atoms with van der Waals surface area (Å²) in [6.45, 7) is 1.58. The molecule has 3 heterocycles. The summed E-state index contributed by atoms with van der Waals surface area (Å²) in [5, 5.41) is 13.4. The zero-order chi connectivity index (χ0) is 22.4. The molecule has 4 aromatic rings. The molecule has 162 valence electrons. The fourth-order valence-electron chi connectivity index (χ4n) is 4.44. The molecule has 0 spiro atoms. The van der Waals surface area contributed by atoms with Gasteiger partial charge in [0.25, 0.3) is 5.91 Å². The monoisotopic (exact) mass is 431 g/mol. The zero-order valence-corrected chi connectivity index (χ0v) is 17.4. The first-order chi connectivity index (χ1) is 15.5. The third-order valence-corrected chi connectivity index (χ3v) is 6.08. The minimum absolute atomic E-state index is 0.107. The SMILES string of the molecule is Cn1c(=O)c([N+](=O)[O-])c(N2CCN(C(=O)c3cc4ccccc4[nH]3)CC2)c2ccccc21. The smallest absolute Gasteiger partial charge is 0.357 e. The number of pyridine rings is 1. The average molecular weight is 431 g/mol. The number of nitro groups is 1. The standard InChI is InChI=1S/C23H21N5O4/c1-25-19-9-5-3-7-16(19)20(21(23(25)30)28(31)32)26-10-12-27(13-11-26)22(29)18-14-15-6-2-4-8-17(15)24-18/h2-9,14,24H,10-13H2,1H3. The van der Waals surface area contributed by atoms with E-state index in [0.29, 0.717) is 48.5 Å².